The predicted octanol–water partition coefficient (Wildman–Crippen LogP) is 3.92. The molecular weight excluding hydrogens is 311 g/mol. The van der Waals surface area contributed by atoms with E-state index >= 15 is 0 Å². The number of fused-ring (bicyclic) bond motifs is 1. The fourth-order valence-electron chi connectivity index (χ4n) is 1.96. The van der Waals surface area contributed by atoms with Gasteiger partial charge in [-0.25, -0.2) is 4.98 Å². The van der Waals surface area contributed by atoms with E-state index in [0.717, 1.165) is 0 Å². The molecule has 0 bridgehead atoms. The molecule has 1 N–H and O–H groups in total. The van der Waals surface area contributed by atoms with E-state index in [-0.39, 0.29) is 17.4 Å². The van der Waals surface area contributed by atoms with Crippen molar-refractivity contribution in [2.24, 2.45) is 0 Å². The SMILES string of the molecule is [C-]#[N+]c1cn2ccnc2c(Nc2cccc(OC(F)(F)F)c2)n1. The number of halogens is 3. The molecule has 6 nitrogen and oxygen atoms in total. The van der Waals surface area contributed by atoms with Crippen LogP contribution in [0.1, 0.15) is 0 Å². The van der Waals surface area contributed by atoms with Crippen molar-refractivity contribution in [1.82, 2.24) is 14.4 Å². The highest BCUT2D eigenvalue weighted by atomic mass is 19.4. The minimum atomic E-state index is -4.77. The maximum Gasteiger partial charge on any atom is 0.573 e. The Balaban J connectivity index is 1.95. The van der Waals surface area contributed by atoms with E-state index < -0.39 is 6.36 Å². The second-order valence-corrected chi connectivity index (χ2v) is 4.42. The quantitative estimate of drug-likeness (QED) is 0.743. The summed E-state index contributed by atoms with van der Waals surface area (Å²) >= 11 is 0. The van der Waals surface area contributed by atoms with Gasteiger partial charge in [0, 0.05) is 30.3 Å². The van der Waals surface area contributed by atoms with Crippen molar-refractivity contribution in [3.8, 4) is 5.75 Å². The van der Waals surface area contributed by atoms with E-state index in [9.17, 15) is 13.2 Å². The lowest BCUT2D eigenvalue weighted by Gasteiger charge is -2.10. The average molecular weight is 319 g/mol. The summed E-state index contributed by atoms with van der Waals surface area (Å²) < 4.78 is 42.3. The zero-order valence-electron chi connectivity index (χ0n) is 11.4. The minimum Gasteiger partial charge on any atom is -0.406 e. The Morgan fingerprint density at radius 3 is 2.87 bits per heavy atom. The first-order valence-electron chi connectivity index (χ1n) is 6.28. The van der Waals surface area contributed by atoms with Gasteiger partial charge in [0.25, 0.3) is 11.6 Å². The predicted molar refractivity (Wildman–Crippen MR) is 75.7 cm³/mol. The summed E-state index contributed by atoms with van der Waals surface area (Å²) in [4.78, 5) is 11.4. The number of alkyl halides is 3. The van der Waals surface area contributed by atoms with Gasteiger partial charge in [0.1, 0.15) is 5.75 Å². The summed E-state index contributed by atoms with van der Waals surface area (Å²) in [6, 6.07) is 5.33. The molecule has 3 rings (SSSR count). The lowest BCUT2D eigenvalue weighted by atomic mass is 10.3. The molecule has 0 aliphatic carbocycles. The number of aromatic nitrogens is 3. The molecule has 0 amide bonds. The second-order valence-electron chi connectivity index (χ2n) is 4.42. The molecule has 2 aromatic heterocycles. The molecular formula is C14H8F3N5O. The summed E-state index contributed by atoms with van der Waals surface area (Å²) in [7, 11) is 0. The van der Waals surface area contributed by atoms with Gasteiger partial charge < -0.3 is 19.3 Å². The van der Waals surface area contributed by atoms with E-state index in [0.29, 0.717) is 11.3 Å². The van der Waals surface area contributed by atoms with Crippen molar-refractivity contribution < 1.29 is 17.9 Å². The van der Waals surface area contributed by atoms with Gasteiger partial charge in [-0.05, 0) is 12.1 Å². The van der Waals surface area contributed by atoms with Gasteiger partial charge in [0.2, 0.25) is 5.65 Å². The van der Waals surface area contributed by atoms with Crippen molar-refractivity contribution in [3.63, 3.8) is 0 Å². The molecule has 0 spiro atoms. The number of hydrogen-bond donors (Lipinski definition) is 1. The van der Waals surface area contributed by atoms with E-state index in [4.69, 9.17) is 6.57 Å². The van der Waals surface area contributed by atoms with Crippen LogP contribution in [0.15, 0.2) is 42.9 Å². The van der Waals surface area contributed by atoms with E-state index in [1.54, 1.807) is 16.7 Å². The van der Waals surface area contributed by atoms with Crippen LogP contribution in [0, 0.1) is 6.57 Å². The minimum absolute atomic E-state index is 0.126. The monoisotopic (exact) mass is 319 g/mol. The first kappa shape index (κ1) is 14.6. The lowest BCUT2D eigenvalue weighted by Crippen LogP contribution is -2.17. The largest absolute Gasteiger partial charge is 0.573 e. The number of imidazole rings is 1. The van der Waals surface area contributed by atoms with Crippen molar-refractivity contribution in [3.05, 3.63) is 54.3 Å². The van der Waals surface area contributed by atoms with E-state index in [2.05, 4.69) is 24.9 Å². The first-order chi connectivity index (χ1) is 10.9. The van der Waals surface area contributed by atoms with Gasteiger partial charge >= 0.3 is 6.36 Å². The Morgan fingerprint density at radius 2 is 2.13 bits per heavy atom. The zero-order valence-corrected chi connectivity index (χ0v) is 11.4. The molecule has 116 valence electrons. The van der Waals surface area contributed by atoms with Crippen LogP contribution in [0.4, 0.5) is 30.5 Å². The summed E-state index contributed by atoms with van der Waals surface area (Å²) in [6.45, 7) is 7.04. The number of rotatable bonds is 3. The Bertz CT molecular complexity index is 897. The zero-order chi connectivity index (χ0) is 16.4. The molecule has 1 aromatic carbocycles. The molecule has 0 aliphatic rings. The van der Waals surface area contributed by atoms with Gasteiger partial charge in [-0.15, -0.1) is 13.2 Å². The summed E-state index contributed by atoms with van der Waals surface area (Å²) in [6.07, 6.45) is -0.0971. The third-order valence-electron chi connectivity index (χ3n) is 2.81. The fraction of sp³-hybridized carbons (Fsp3) is 0.0714. The van der Waals surface area contributed by atoms with E-state index in [1.807, 2.05) is 0 Å². The molecule has 2 heterocycles. The third kappa shape index (κ3) is 3.32. The highest BCUT2D eigenvalue weighted by molar-refractivity contribution is 5.72. The van der Waals surface area contributed by atoms with Crippen molar-refractivity contribution >= 4 is 23.0 Å². The maximum absolute atomic E-state index is 12.3. The third-order valence-corrected chi connectivity index (χ3v) is 2.81. The summed E-state index contributed by atoms with van der Waals surface area (Å²) in [5, 5.41) is 2.85. The highest BCUT2D eigenvalue weighted by Gasteiger charge is 2.31. The molecule has 9 heteroatoms. The molecule has 23 heavy (non-hydrogen) atoms. The summed E-state index contributed by atoms with van der Waals surface area (Å²) in [5.41, 5.74) is 0.769. The molecule has 0 radical (unpaired) electrons. The maximum atomic E-state index is 12.3. The van der Waals surface area contributed by atoms with Gasteiger partial charge in [0.15, 0.2) is 0 Å². The van der Waals surface area contributed by atoms with E-state index in [1.165, 1.54) is 30.6 Å². The van der Waals surface area contributed by atoms with Crippen LogP contribution in [-0.2, 0) is 0 Å². The second kappa shape index (κ2) is 5.49. The smallest absolute Gasteiger partial charge is 0.406 e. The van der Waals surface area contributed by atoms with Crippen LogP contribution in [-0.4, -0.2) is 20.7 Å². The number of anilines is 2. The Hall–Kier alpha value is -3.28. The molecule has 0 aliphatic heterocycles. The number of nitrogens with zero attached hydrogens (tertiary/aromatic N) is 4. The Labute approximate surface area is 128 Å². The Kier molecular flexibility index (Phi) is 3.50. The van der Waals surface area contributed by atoms with Gasteiger partial charge in [0.05, 0.1) is 0 Å². The van der Waals surface area contributed by atoms with Gasteiger partial charge in [-0.3, -0.25) is 0 Å². The number of ether oxygens (including phenoxy) is 1. The highest BCUT2D eigenvalue weighted by Crippen LogP contribution is 2.27. The molecule has 0 unspecified atom stereocenters. The van der Waals surface area contributed by atoms with Crippen molar-refractivity contribution in [2.45, 2.75) is 6.36 Å². The van der Waals surface area contributed by atoms with Crippen LogP contribution in [0.2, 0.25) is 0 Å². The van der Waals surface area contributed by atoms with Crippen LogP contribution >= 0.6 is 0 Å². The van der Waals surface area contributed by atoms with Crippen molar-refractivity contribution in [2.75, 3.05) is 5.32 Å². The number of hydrogen-bond acceptors (Lipinski definition) is 4. The molecule has 3 aromatic rings. The Morgan fingerprint density at radius 1 is 1.30 bits per heavy atom. The molecule has 0 saturated carbocycles. The molecule has 0 atom stereocenters. The normalized spacial score (nSPS) is 11.2. The number of benzene rings is 1. The van der Waals surface area contributed by atoms with Crippen LogP contribution in [0.5, 0.6) is 5.75 Å². The fourth-order valence-corrected chi connectivity index (χ4v) is 1.96. The average Bonchev–Trinajstić information content (AvgIpc) is 2.94. The van der Waals surface area contributed by atoms with Gasteiger partial charge in [-0.1, -0.05) is 17.6 Å². The topological polar surface area (TPSA) is 55.8 Å². The standard InChI is InChI=1S/C14H8F3N5O/c1-18-11-8-22-6-5-19-13(22)12(21-11)20-9-3-2-4-10(7-9)23-14(15,16)17/h2-8H,(H,20,21). The molecule has 0 saturated heterocycles. The lowest BCUT2D eigenvalue weighted by molar-refractivity contribution is -0.274. The molecule has 0 fully saturated rings. The van der Waals surface area contributed by atoms with Crippen LogP contribution in [0.3, 0.4) is 0 Å². The summed E-state index contributed by atoms with van der Waals surface area (Å²) in [5.74, 6) is 0.0246. The van der Waals surface area contributed by atoms with Crippen molar-refractivity contribution in [1.29, 1.82) is 0 Å². The van der Waals surface area contributed by atoms with Gasteiger partial charge in [-0.2, -0.15) is 0 Å². The first-order valence-corrected chi connectivity index (χ1v) is 6.28. The van der Waals surface area contributed by atoms with Crippen LogP contribution < -0.4 is 10.1 Å². The van der Waals surface area contributed by atoms with Crippen LogP contribution in [0.25, 0.3) is 10.5 Å². The number of nitrogens with one attached hydrogen (secondary N) is 1.